The van der Waals surface area contributed by atoms with Crippen molar-refractivity contribution in [1.82, 2.24) is 10.2 Å². The molecule has 2 amide bonds. The van der Waals surface area contributed by atoms with Crippen molar-refractivity contribution in [2.24, 2.45) is 5.41 Å². The number of aliphatic hydroxyl groups excluding tert-OH is 1. The number of aliphatic hydroxyl groups is 1. The van der Waals surface area contributed by atoms with E-state index in [1.165, 1.54) is 25.7 Å². The first-order valence-electron chi connectivity index (χ1n) is 9.19. The van der Waals surface area contributed by atoms with Gasteiger partial charge in [0.05, 0.1) is 6.61 Å². The Morgan fingerprint density at radius 3 is 2.26 bits per heavy atom. The number of nitrogens with one attached hydrogen (secondary N) is 1. The summed E-state index contributed by atoms with van der Waals surface area (Å²) in [7, 11) is 1.78. The van der Waals surface area contributed by atoms with Crippen molar-refractivity contribution >= 4 is 11.8 Å². The Balaban J connectivity index is 1.67. The molecular formula is C18H32N2O3. The minimum Gasteiger partial charge on any atom is -0.396 e. The molecule has 2 N–H and O–H groups in total. The molecule has 0 aromatic rings. The van der Waals surface area contributed by atoms with Crippen LogP contribution in [-0.4, -0.2) is 48.1 Å². The third kappa shape index (κ3) is 5.48. The molecule has 0 spiro atoms. The maximum atomic E-state index is 12.2. The van der Waals surface area contributed by atoms with Crippen LogP contribution < -0.4 is 5.32 Å². The van der Waals surface area contributed by atoms with Gasteiger partial charge in [-0.15, -0.1) is 0 Å². The lowest BCUT2D eigenvalue weighted by molar-refractivity contribution is -0.135. The molecule has 2 saturated carbocycles. The molecule has 2 aliphatic rings. The van der Waals surface area contributed by atoms with Crippen molar-refractivity contribution in [3.05, 3.63) is 0 Å². The normalized spacial score (nSPS) is 21.1. The van der Waals surface area contributed by atoms with E-state index in [2.05, 4.69) is 5.32 Å². The Labute approximate surface area is 139 Å². The summed E-state index contributed by atoms with van der Waals surface area (Å²) in [4.78, 5) is 25.9. The highest BCUT2D eigenvalue weighted by atomic mass is 16.3. The summed E-state index contributed by atoms with van der Waals surface area (Å²) in [5.74, 6) is -0.0000861. The van der Waals surface area contributed by atoms with E-state index in [-0.39, 0.29) is 36.7 Å². The zero-order valence-electron chi connectivity index (χ0n) is 14.5. The summed E-state index contributed by atoms with van der Waals surface area (Å²) in [6, 6.07) is 0.297. The second kappa shape index (κ2) is 8.67. The van der Waals surface area contributed by atoms with Crippen LogP contribution in [0.3, 0.4) is 0 Å². The van der Waals surface area contributed by atoms with Crippen LogP contribution in [0.15, 0.2) is 0 Å². The van der Waals surface area contributed by atoms with Crippen LogP contribution >= 0.6 is 0 Å². The summed E-state index contributed by atoms with van der Waals surface area (Å²) < 4.78 is 0. The Morgan fingerprint density at radius 2 is 1.74 bits per heavy atom. The minimum absolute atomic E-state index is 0.000686. The molecule has 2 fully saturated rings. The van der Waals surface area contributed by atoms with Gasteiger partial charge in [-0.25, -0.2) is 0 Å². The van der Waals surface area contributed by atoms with E-state index in [9.17, 15) is 14.7 Å². The van der Waals surface area contributed by atoms with E-state index >= 15 is 0 Å². The lowest BCUT2D eigenvalue weighted by atomic mass is 9.69. The van der Waals surface area contributed by atoms with Gasteiger partial charge in [-0.1, -0.05) is 32.1 Å². The van der Waals surface area contributed by atoms with Gasteiger partial charge in [0, 0.05) is 37.9 Å². The van der Waals surface area contributed by atoms with Gasteiger partial charge in [0.2, 0.25) is 11.8 Å². The molecule has 5 nitrogen and oxygen atoms in total. The molecule has 0 unspecified atom stereocenters. The Morgan fingerprint density at radius 1 is 1.09 bits per heavy atom. The molecule has 23 heavy (non-hydrogen) atoms. The van der Waals surface area contributed by atoms with Gasteiger partial charge in [-0.2, -0.15) is 0 Å². The van der Waals surface area contributed by atoms with Crippen LogP contribution in [0.1, 0.15) is 70.6 Å². The van der Waals surface area contributed by atoms with Gasteiger partial charge >= 0.3 is 0 Å². The first kappa shape index (κ1) is 18.2. The van der Waals surface area contributed by atoms with Gasteiger partial charge in [0.25, 0.3) is 0 Å². The number of nitrogens with zero attached hydrogens (tertiary/aromatic N) is 1. The average molecular weight is 324 g/mol. The molecular weight excluding hydrogens is 292 g/mol. The van der Waals surface area contributed by atoms with Gasteiger partial charge < -0.3 is 15.3 Å². The summed E-state index contributed by atoms with van der Waals surface area (Å²) in [6.07, 6.45) is 10.7. The molecule has 0 aromatic heterocycles. The molecule has 2 rings (SSSR count). The van der Waals surface area contributed by atoms with E-state index in [0.29, 0.717) is 12.6 Å². The van der Waals surface area contributed by atoms with Crippen LogP contribution in [0.25, 0.3) is 0 Å². The smallest absolute Gasteiger partial charge is 0.222 e. The van der Waals surface area contributed by atoms with Crippen molar-refractivity contribution in [1.29, 1.82) is 0 Å². The van der Waals surface area contributed by atoms with Gasteiger partial charge in [0.15, 0.2) is 0 Å². The number of hydrogen-bond donors (Lipinski definition) is 2. The highest BCUT2D eigenvalue weighted by Gasteiger charge is 2.38. The molecule has 0 atom stereocenters. The maximum absolute atomic E-state index is 12.2. The van der Waals surface area contributed by atoms with E-state index < -0.39 is 0 Å². The van der Waals surface area contributed by atoms with Crippen molar-refractivity contribution in [2.45, 2.75) is 76.7 Å². The molecule has 5 heteroatoms. The number of carbonyl (C=O) groups excluding carboxylic acids is 2. The van der Waals surface area contributed by atoms with Crippen molar-refractivity contribution < 1.29 is 14.7 Å². The fourth-order valence-electron chi connectivity index (χ4n) is 3.77. The zero-order valence-corrected chi connectivity index (χ0v) is 14.5. The second-order valence-electron chi connectivity index (χ2n) is 7.52. The third-order valence-corrected chi connectivity index (χ3v) is 5.53. The largest absolute Gasteiger partial charge is 0.396 e. The predicted octanol–water partition coefficient (Wildman–Crippen LogP) is 2.23. The molecule has 0 radical (unpaired) electrons. The van der Waals surface area contributed by atoms with Gasteiger partial charge in [-0.3, -0.25) is 9.59 Å². The fourth-order valence-corrected chi connectivity index (χ4v) is 3.77. The molecule has 0 heterocycles. The fraction of sp³-hybridized carbons (Fsp3) is 0.889. The zero-order chi connectivity index (χ0) is 16.7. The summed E-state index contributed by atoms with van der Waals surface area (Å²) in [5, 5.41) is 12.6. The maximum Gasteiger partial charge on any atom is 0.222 e. The standard InChI is InChI=1S/C18H32N2O3/c1-20(13-18(14-21)11-6-12-18)17(23)10-9-16(22)19-15-7-4-2-3-5-8-15/h15,21H,2-14H2,1H3,(H,19,22). The highest BCUT2D eigenvalue weighted by Crippen LogP contribution is 2.40. The van der Waals surface area contributed by atoms with Gasteiger partial charge in [-0.05, 0) is 25.7 Å². The highest BCUT2D eigenvalue weighted by molar-refractivity contribution is 5.83. The molecule has 132 valence electrons. The number of hydrogen-bond acceptors (Lipinski definition) is 3. The second-order valence-corrected chi connectivity index (χ2v) is 7.52. The number of carbonyl (C=O) groups is 2. The van der Waals surface area contributed by atoms with Crippen molar-refractivity contribution in [3.63, 3.8) is 0 Å². The van der Waals surface area contributed by atoms with Crippen molar-refractivity contribution in [3.8, 4) is 0 Å². The number of rotatable bonds is 7. The van der Waals surface area contributed by atoms with E-state index in [0.717, 1.165) is 32.1 Å². The summed E-state index contributed by atoms with van der Waals surface area (Å²) in [6.45, 7) is 0.749. The lowest BCUT2D eigenvalue weighted by Gasteiger charge is -2.42. The van der Waals surface area contributed by atoms with Crippen LogP contribution in [-0.2, 0) is 9.59 Å². The quantitative estimate of drug-likeness (QED) is 0.706. The molecule has 0 aliphatic heterocycles. The topological polar surface area (TPSA) is 69.6 Å². The molecule has 2 aliphatic carbocycles. The SMILES string of the molecule is CN(CC1(CO)CCC1)C(=O)CCC(=O)NC1CCCCCC1. The lowest BCUT2D eigenvalue weighted by Crippen LogP contribution is -2.45. The van der Waals surface area contributed by atoms with Crippen LogP contribution in [0, 0.1) is 5.41 Å². The van der Waals surface area contributed by atoms with Crippen LogP contribution in [0.5, 0.6) is 0 Å². The number of amides is 2. The van der Waals surface area contributed by atoms with E-state index in [4.69, 9.17) is 0 Å². The molecule has 0 saturated heterocycles. The summed E-state index contributed by atoms with van der Waals surface area (Å²) in [5.41, 5.74) is -0.0903. The van der Waals surface area contributed by atoms with E-state index in [1.54, 1.807) is 11.9 Å². The van der Waals surface area contributed by atoms with Gasteiger partial charge in [0.1, 0.15) is 0 Å². The van der Waals surface area contributed by atoms with Crippen LogP contribution in [0.2, 0.25) is 0 Å². The Kier molecular flexibility index (Phi) is 6.88. The van der Waals surface area contributed by atoms with Crippen molar-refractivity contribution in [2.75, 3.05) is 20.2 Å². The average Bonchev–Trinajstić information content (AvgIpc) is 2.77. The molecule has 0 bridgehead atoms. The summed E-state index contributed by atoms with van der Waals surface area (Å²) >= 11 is 0. The Bertz CT molecular complexity index is 394. The third-order valence-electron chi connectivity index (χ3n) is 5.53. The van der Waals surface area contributed by atoms with E-state index in [1.807, 2.05) is 0 Å². The minimum atomic E-state index is -0.0903. The molecule has 0 aromatic carbocycles. The monoisotopic (exact) mass is 324 g/mol. The first-order valence-corrected chi connectivity index (χ1v) is 9.19. The first-order chi connectivity index (χ1) is 11.0. The Hall–Kier alpha value is -1.10. The van der Waals surface area contributed by atoms with Crippen LogP contribution in [0.4, 0.5) is 0 Å². The predicted molar refractivity (Wildman–Crippen MR) is 89.9 cm³/mol.